The van der Waals surface area contributed by atoms with Gasteiger partial charge in [-0.25, -0.2) is 9.97 Å². The number of thiazole rings is 1. The molecule has 1 aliphatic carbocycles. The number of aromatic nitrogens is 4. The SMILES string of the molecule is Cc1nc(NCC(F)(F)F)nc(N[C@@]2(O)CC[C@H](C(C)(C)O)[C@H]2O)c1-c1nc2c(C)nccc2s1. The summed E-state index contributed by atoms with van der Waals surface area (Å²) in [6.07, 6.45) is -3.79. The summed E-state index contributed by atoms with van der Waals surface area (Å²) in [7, 11) is 0. The third-order valence-electron chi connectivity index (χ3n) is 6.19. The van der Waals surface area contributed by atoms with Crippen LogP contribution in [0.15, 0.2) is 12.3 Å². The molecule has 1 aliphatic rings. The average molecular weight is 513 g/mol. The predicted octanol–water partition coefficient (Wildman–Crippen LogP) is 3.38. The zero-order chi connectivity index (χ0) is 25.8. The van der Waals surface area contributed by atoms with Gasteiger partial charge in [-0.3, -0.25) is 4.98 Å². The molecule has 13 heteroatoms. The molecule has 1 saturated carbocycles. The number of hydrogen-bond donors (Lipinski definition) is 5. The zero-order valence-electron chi connectivity index (χ0n) is 19.6. The molecule has 0 amide bonds. The number of hydrogen-bond acceptors (Lipinski definition) is 10. The van der Waals surface area contributed by atoms with Gasteiger partial charge in [0.25, 0.3) is 0 Å². The summed E-state index contributed by atoms with van der Waals surface area (Å²) >= 11 is 1.32. The van der Waals surface area contributed by atoms with Crippen molar-refractivity contribution in [1.82, 2.24) is 19.9 Å². The Morgan fingerprint density at radius 1 is 1.17 bits per heavy atom. The minimum absolute atomic E-state index is 0.0183. The van der Waals surface area contributed by atoms with Crippen LogP contribution in [0.3, 0.4) is 0 Å². The molecule has 0 spiro atoms. The maximum absolute atomic E-state index is 12.8. The highest BCUT2D eigenvalue weighted by Crippen LogP contribution is 2.43. The van der Waals surface area contributed by atoms with E-state index < -0.39 is 36.1 Å². The quantitative estimate of drug-likeness (QED) is 0.315. The first-order chi connectivity index (χ1) is 16.2. The number of nitrogens with zero attached hydrogens (tertiary/aromatic N) is 4. The van der Waals surface area contributed by atoms with Gasteiger partial charge in [-0.2, -0.15) is 18.2 Å². The lowest BCUT2D eigenvalue weighted by molar-refractivity contribution is -0.115. The van der Waals surface area contributed by atoms with Crippen molar-refractivity contribution in [1.29, 1.82) is 0 Å². The van der Waals surface area contributed by atoms with Gasteiger partial charge in [-0.1, -0.05) is 0 Å². The first-order valence-electron chi connectivity index (χ1n) is 11.0. The van der Waals surface area contributed by atoms with Crippen molar-refractivity contribution in [2.24, 2.45) is 5.92 Å². The third-order valence-corrected chi connectivity index (χ3v) is 7.23. The van der Waals surface area contributed by atoms with Crippen LogP contribution in [0.2, 0.25) is 0 Å². The molecule has 0 radical (unpaired) electrons. The lowest BCUT2D eigenvalue weighted by Crippen LogP contribution is -2.51. The fraction of sp³-hybridized carbons (Fsp3) is 0.545. The van der Waals surface area contributed by atoms with E-state index in [9.17, 15) is 28.5 Å². The molecular formula is C22H27F3N6O3S. The van der Waals surface area contributed by atoms with E-state index in [4.69, 9.17) is 0 Å². The standard InChI is InChI=1S/C22H27F3N6O3S/c1-10-14(18-29-15-11(2)26-8-6-13(15)35-18)17(30-19(28-10)27-9-22(23,24)25)31-21(34)7-5-12(16(21)32)20(3,4)33/h6,8,12,16,32-34H,5,7,9H2,1-4H3,(H2,27,28,30,31)/t12-,16+,21+/m0/s1. The maximum Gasteiger partial charge on any atom is 0.405 e. The van der Waals surface area contributed by atoms with Gasteiger partial charge in [-0.15, -0.1) is 11.3 Å². The molecule has 3 aromatic rings. The largest absolute Gasteiger partial charge is 0.405 e. The van der Waals surface area contributed by atoms with Crippen molar-refractivity contribution in [3.05, 3.63) is 23.7 Å². The number of aliphatic hydroxyl groups is 3. The molecule has 0 aromatic carbocycles. The molecule has 3 heterocycles. The Morgan fingerprint density at radius 2 is 1.89 bits per heavy atom. The predicted molar refractivity (Wildman–Crippen MR) is 126 cm³/mol. The van der Waals surface area contributed by atoms with E-state index in [-0.39, 0.29) is 18.2 Å². The van der Waals surface area contributed by atoms with Crippen LogP contribution < -0.4 is 10.6 Å². The van der Waals surface area contributed by atoms with Crippen LogP contribution in [-0.4, -0.2) is 65.4 Å². The van der Waals surface area contributed by atoms with Gasteiger partial charge in [-0.05, 0) is 46.6 Å². The number of fused-ring (bicyclic) bond motifs is 1. The minimum atomic E-state index is -4.49. The fourth-order valence-electron chi connectivity index (χ4n) is 4.36. The lowest BCUT2D eigenvalue weighted by Gasteiger charge is -2.34. The Hall–Kier alpha value is -2.61. The molecule has 0 saturated heterocycles. The van der Waals surface area contributed by atoms with Gasteiger partial charge in [0.1, 0.15) is 29.0 Å². The second kappa shape index (κ2) is 8.80. The smallest absolute Gasteiger partial charge is 0.390 e. The van der Waals surface area contributed by atoms with Gasteiger partial charge in [0, 0.05) is 12.1 Å². The highest BCUT2D eigenvalue weighted by atomic mass is 32.1. The molecule has 3 atom stereocenters. The molecular weight excluding hydrogens is 485 g/mol. The van der Waals surface area contributed by atoms with Gasteiger partial charge in [0.05, 0.1) is 27.3 Å². The average Bonchev–Trinajstić information content (AvgIpc) is 3.27. The molecule has 4 rings (SSSR count). The van der Waals surface area contributed by atoms with Gasteiger partial charge in [0.2, 0.25) is 5.95 Å². The molecule has 0 bridgehead atoms. The monoisotopic (exact) mass is 512 g/mol. The van der Waals surface area contributed by atoms with Gasteiger partial charge in [0.15, 0.2) is 5.72 Å². The summed E-state index contributed by atoms with van der Waals surface area (Å²) in [5, 5.41) is 38.0. The molecule has 35 heavy (non-hydrogen) atoms. The van der Waals surface area contributed by atoms with Crippen LogP contribution in [0.1, 0.15) is 38.1 Å². The van der Waals surface area contributed by atoms with Crippen LogP contribution in [0.5, 0.6) is 0 Å². The number of pyridine rings is 1. The number of anilines is 2. The van der Waals surface area contributed by atoms with Crippen LogP contribution in [-0.2, 0) is 0 Å². The summed E-state index contributed by atoms with van der Waals surface area (Å²) in [5.41, 5.74) is -1.05. The number of alkyl halides is 3. The molecule has 0 aliphatic heterocycles. The second-order valence-electron chi connectivity index (χ2n) is 9.38. The summed E-state index contributed by atoms with van der Waals surface area (Å²) in [6, 6.07) is 1.80. The molecule has 5 N–H and O–H groups in total. The number of rotatable bonds is 6. The Bertz CT molecular complexity index is 1250. The van der Waals surface area contributed by atoms with Crippen molar-refractivity contribution < 1.29 is 28.5 Å². The van der Waals surface area contributed by atoms with E-state index in [2.05, 4.69) is 30.6 Å². The number of halogens is 3. The highest BCUT2D eigenvalue weighted by Gasteiger charge is 2.52. The minimum Gasteiger partial charge on any atom is -0.390 e. The second-order valence-corrected chi connectivity index (χ2v) is 10.4. The highest BCUT2D eigenvalue weighted by molar-refractivity contribution is 7.21. The summed E-state index contributed by atoms with van der Waals surface area (Å²) < 4.78 is 39.2. The van der Waals surface area contributed by atoms with Crippen LogP contribution in [0.4, 0.5) is 24.9 Å². The Labute approximate surface area is 203 Å². The Balaban J connectivity index is 1.79. The van der Waals surface area contributed by atoms with Crippen molar-refractivity contribution >= 4 is 33.3 Å². The van der Waals surface area contributed by atoms with E-state index in [1.807, 2.05) is 6.92 Å². The van der Waals surface area contributed by atoms with Crippen LogP contribution in [0.25, 0.3) is 20.8 Å². The third kappa shape index (κ3) is 5.17. The lowest BCUT2D eigenvalue weighted by atomic mass is 9.87. The van der Waals surface area contributed by atoms with Crippen molar-refractivity contribution in [3.8, 4) is 10.6 Å². The van der Waals surface area contributed by atoms with Crippen LogP contribution in [0, 0.1) is 19.8 Å². The maximum atomic E-state index is 12.8. The molecule has 3 aromatic heterocycles. The van der Waals surface area contributed by atoms with Crippen LogP contribution >= 0.6 is 11.3 Å². The van der Waals surface area contributed by atoms with Crippen molar-refractivity contribution in [2.45, 2.75) is 64.1 Å². The molecule has 190 valence electrons. The van der Waals surface area contributed by atoms with E-state index in [1.165, 1.54) is 11.3 Å². The summed E-state index contributed by atoms with van der Waals surface area (Å²) in [4.78, 5) is 17.3. The fourth-order valence-corrected chi connectivity index (χ4v) is 5.47. The molecule has 9 nitrogen and oxygen atoms in total. The van der Waals surface area contributed by atoms with E-state index in [0.29, 0.717) is 33.9 Å². The van der Waals surface area contributed by atoms with Gasteiger partial charge >= 0.3 is 6.18 Å². The molecule has 1 fully saturated rings. The van der Waals surface area contributed by atoms with E-state index >= 15 is 0 Å². The Morgan fingerprint density at radius 3 is 2.49 bits per heavy atom. The Kier molecular flexibility index (Phi) is 6.41. The molecule has 0 unspecified atom stereocenters. The zero-order valence-corrected chi connectivity index (χ0v) is 20.4. The topological polar surface area (TPSA) is 136 Å². The van der Waals surface area contributed by atoms with Crippen molar-refractivity contribution in [2.75, 3.05) is 17.2 Å². The summed E-state index contributed by atoms with van der Waals surface area (Å²) in [5.74, 6) is -0.907. The normalized spacial score (nSPS) is 23.1. The summed E-state index contributed by atoms with van der Waals surface area (Å²) in [6.45, 7) is 5.16. The van der Waals surface area contributed by atoms with Gasteiger partial charge < -0.3 is 26.0 Å². The first kappa shape index (κ1) is 25.5. The van der Waals surface area contributed by atoms with E-state index in [0.717, 1.165) is 4.70 Å². The first-order valence-corrected chi connectivity index (χ1v) is 11.8. The van der Waals surface area contributed by atoms with Crippen molar-refractivity contribution in [3.63, 3.8) is 0 Å². The number of nitrogens with one attached hydrogen (secondary N) is 2. The number of aryl methyl sites for hydroxylation is 2. The van der Waals surface area contributed by atoms with E-state index in [1.54, 1.807) is 33.0 Å². The number of aliphatic hydroxyl groups excluding tert-OH is 1.